The molecule has 1 atom stereocenters. The summed E-state index contributed by atoms with van der Waals surface area (Å²) in [5.41, 5.74) is 3.36. The summed E-state index contributed by atoms with van der Waals surface area (Å²) in [6.07, 6.45) is 7.92. The number of nitrogens with zero attached hydrogens (tertiary/aromatic N) is 4. The predicted molar refractivity (Wildman–Crippen MR) is 92.3 cm³/mol. The zero-order valence-corrected chi connectivity index (χ0v) is 14.3. The van der Waals surface area contributed by atoms with Crippen molar-refractivity contribution in [2.45, 2.75) is 46.6 Å². The normalized spacial score (nSPS) is 20.6. The molecule has 1 unspecified atom stereocenters. The minimum atomic E-state index is 0.329. The maximum atomic E-state index is 6.68. The summed E-state index contributed by atoms with van der Waals surface area (Å²) in [6, 6.07) is 4.63. The lowest BCUT2D eigenvalue weighted by atomic mass is 10.1. The van der Waals surface area contributed by atoms with Crippen molar-refractivity contribution in [1.82, 2.24) is 9.38 Å². The zero-order chi connectivity index (χ0) is 15.9. The maximum absolute atomic E-state index is 6.68. The molecule has 116 valence electrons. The number of hydrogen-bond acceptors (Lipinski definition) is 2. The minimum absolute atomic E-state index is 0.329. The highest BCUT2D eigenvalue weighted by molar-refractivity contribution is 6.36. The van der Waals surface area contributed by atoms with Gasteiger partial charge in [0.2, 0.25) is 0 Å². The molecule has 0 radical (unpaired) electrons. The van der Waals surface area contributed by atoms with Crippen molar-refractivity contribution >= 4 is 22.5 Å². The van der Waals surface area contributed by atoms with Gasteiger partial charge in [-0.05, 0) is 41.8 Å². The number of aryl methyl sites for hydroxylation is 1. The van der Waals surface area contributed by atoms with Crippen molar-refractivity contribution in [2.75, 3.05) is 0 Å². The molecule has 0 amide bonds. The van der Waals surface area contributed by atoms with Gasteiger partial charge in [-0.25, -0.2) is 0 Å². The number of halogens is 1. The molecular weight excluding hydrogens is 296 g/mol. The van der Waals surface area contributed by atoms with Gasteiger partial charge < -0.3 is 0 Å². The van der Waals surface area contributed by atoms with Gasteiger partial charge in [0.1, 0.15) is 17.8 Å². The van der Waals surface area contributed by atoms with Crippen molar-refractivity contribution in [3.63, 3.8) is 0 Å². The Morgan fingerprint density at radius 1 is 1.27 bits per heavy atom. The van der Waals surface area contributed by atoms with Crippen LogP contribution in [-0.2, 0) is 0 Å². The van der Waals surface area contributed by atoms with Gasteiger partial charge >= 0.3 is 0 Å². The van der Waals surface area contributed by atoms with E-state index < -0.39 is 0 Å². The van der Waals surface area contributed by atoms with Crippen molar-refractivity contribution in [2.24, 2.45) is 10.3 Å². The van der Waals surface area contributed by atoms with Crippen LogP contribution in [0.25, 0.3) is 10.9 Å². The third kappa shape index (κ3) is 2.02. The molecule has 1 aromatic carbocycles. The number of aromatic nitrogens is 1. The summed E-state index contributed by atoms with van der Waals surface area (Å²) < 4.78 is 2.49. The molecule has 1 aliphatic rings. The minimum Gasteiger partial charge on any atom is -0.165 e. The molecule has 2 aromatic rings. The Labute approximate surface area is 136 Å². The molecule has 0 spiro atoms. The smallest absolute Gasteiger partial charge is 0.165 e. The Hall–Kier alpha value is -1.65. The SMILES string of the molecule is CCC(CC)[N+]1(n2ccc3cc(C)c(C)c(Cl)c32)C=CN=N1. The van der Waals surface area contributed by atoms with Crippen LogP contribution in [0.5, 0.6) is 0 Å². The fraction of sp³-hybridized carbons (Fsp3) is 0.412. The molecule has 0 aliphatic carbocycles. The molecule has 2 heterocycles. The maximum Gasteiger partial charge on any atom is 0.171 e. The van der Waals surface area contributed by atoms with Crippen molar-refractivity contribution < 1.29 is 0 Å². The van der Waals surface area contributed by atoms with E-state index in [1.165, 1.54) is 5.56 Å². The number of fused-ring (bicyclic) bond motifs is 1. The van der Waals surface area contributed by atoms with Gasteiger partial charge in [-0.3, -0.25) is 0 Å². The molecule has 3 rings (SSSR count). The Morgan fingerprint density at radius 3 is 2.59 bits per heavy atom. The first-order valence-electron chi connectivity index (χ1n) is 7.81. The summed E-state index contributed by atoms with van der Waals surface area (Å²) in [4.78, 5) is 0. The van der Waals surface area contributed by atoms with Crippen LogP contribution >= 0.6 is 11.6 Å². The van der Waals surface area contributed by atoms with Gasteiger partial charge in [-0.2, -0.15) is 4.68 Å². The third-order valence-corrected chi connectivity index (χ3v) is 5.23. The van der Waals surface area contributed by atoms with Crippen LogP contribution in [-0.4, -0.2) is 10.7 Å². The molecule has 1 aromatic heterocycles. The third-order valence-electron chi connectivity index (χ3n) is 4.77. The van der Waals surface area contributed by atoms with E-state index >= 15 is 0 Å². The summed E-state index contributed by atoms with van der Waals surface area (Å²) in [5, 5.41) is 10.6. The average Bonchev–Trinajstić information content (AvgIpc) is 3.14. The lowest BCUT2D eigenvalue weighted by molar-refractivity contribution is 0.130. The van der Waals surface area contributed by atoms with Gasteiger partial charge in [-0.15, -0.1) is 5.11 Å². The van der Waals surface area contributed by atoms with Crippen molar-refractivity contribution in [3.8, 4) is 0 Å². The number of benzene rings is 1. The van der Waals surface area contributed by atoms with E-state index in [0.29, 0.717) is 10.7 Å². The molecule has 0 bridgehead atoms. The Kier molecular flexibility index (Phi) is 3.83. The van der Waals surface area contributed by atoms with Crippen LogP contribution in [0.1, 0.15) is 37.8 Å². The van der Waals surface area contributed by atoms with E-state index in [9.17, 15) is 0 Å². The highest BCUT2D eigenvalue weighted by Crippen LogP contribution is 2.35. The van der Waals surface area contributed by atoms with E-state index in [2.05, 4.69) is 61.0 Å². The largest absolute Gasteiger partial charge is 0.171 e. The highest BCUT2D eigenvalue weighted by Gasteiger charge is 2.40. The Balaban J connectivity index is 2.31. The van der Waals surface area contributed by atoms with E-state index in [4.69, 9.17) is 11.6 Å². The molecule has 0 N–H and O–H groups in total. The summed E-state index contributed by atoms with van der Waals surface area (Å²) >= 11 is 6.68. The average molecular weight is 318 g/mol. The lowest BCUT2D eigenvalue weighted by Crippen LogP contribution is -2.54. The topological polar surface area (TPSA) is 29.6 Å². The summed E-state index contributed by atoms with van der Waals surface area (Å²) in [5.74, 6) is 0. The van der Waals surface area contributed by atoms with Crippen LogP contribution < -0.4 is 4.70 Å². The molecule has 0 saturated carbocycles. The first-order valence-corrected chi connectivity index (χ1v) is 8.19. The van der Waals surface area contributed by atoms with Crippen LogP contribution in [0, 0.1) is 13.8 Å². The van der Waals surface area contributed by atoms with Gasteiger partial charge in [-0.1, -0.05) is 25.4 Å². The fourth-order valence-electron chi connectivity index (χ4n) is 3.32. The van der Waals surface area contributed by atoms with Gasteiger partial charge in [0.05, 0.1) is 16.4 Å². The number of rotatable bonds is 4. The zero-order valence-electron chi connectivity index (χ0n) is 13.5. The standard InChI is InChI=1S/C17H22ClN4/c1-5-15(6-2)22(10-8-19-20-22)21-9-7-14-11-12(3)13(4)16(18)17(14)21/h7-11,15H,5-6H2,1-4H3/q+1. The van der Waals surface area contributed by atoms with Gasteiger partial charge in [0, 0.05) is 18.2 Å². The summed E-state index contributed by atoms with van der Waals surface area (Å²) in [6.45, 7) is 8.55. The monoisotopic (exact) mass is 317 g/mol. The molecule has 5 heteroatoms. The van der Waals surface area contributed by atoms with Crippen LogP contribution in [0.15, 0.2) is 41.1 Å². The van der Waals surface area contributed by atoms with E-state index in [1.807, 2.05) is 6.20 Å². The molecule has 4 nitrogen and oxygen atoms in total. The van der Waals surface area contributed by atoms with Crippen LogP contribution in [0.3, 0.4) is 0 Å². The van der Waals surface area contributed by atoms with Crippen LogP contribution in [0.4, 0.5) is 0 Å². The first-order chi connectivity index (χ1) is 10.5. The van der Waals surface area contributed by atoms with E-state index in [0.717, 1.165) is 34.3 Å². The van der Waals surface area contributed by atoms with E-state index in [-0.39, 0.29) is 0 Å². The predicted octanol–water partition coefficient (Wildman–Crippen LogP) is 5.39. The van der Waals surface area contributed by atoms with Crippen LogP contribution in [0.2, 0.25) is 5.02 Å². The molecule has 1 aliphatic heterocycles. The van der Waals surface area contributed by atoms with Gasteiger partial charge in [0.25, 0.3) is 0 Å². The molecule has 0 saturated heterocycles. The number of quaternary nitrogens is 1. The molecular formula is C17H22ClN4+. The van der Waals surface area contributed by atoms with E-state index in [1.54, 1.807) is 6.20 Å². The van der Waals surface area contributed by atoms with Crippen molar-refractivity contribution in [3.05, 3.63) is 46.9 Å². The second-order valence-electron chi connectivity index (χ2n) is 5.90. The quantitative estimate of drug-likeness (QED) is 0.677. The lowest BCUT2D eigenvalue weighted by Gasteiger charge is -2.32. The highest BCUT2D eigenvalue weighted by atomic mass is 35.5. The van der Waals surface area contributed by atoms with Gasteiger partial charge in [0.15, 0.2) is 6.20 Å². The first kappa shape index (κ1) is 15.3. The molecule has 22 heavy (non-hydrogen) atoms. The second kappa shape index (κ2) is 5.52. The summed E-state index contributed by atoms with van der Waals surface area (Å²) in [7, 11) is 0. The Morgan fingerprint density at radius 2 is 2.00 bits per heavy atom. The number of hydrogen-bond donors (Lipinski definition) is 0. The second-order valence-corrected chi connectivity index (χ2v) is 6.28. The fourth-order valence-corrected chi connectivity index (χ4v) is 3.67. The Bertz CT molecular complexity index is 757. The van der Waals surface area contributed by atoms with Crippen molar-refractivity contribution in [1.29, 1.82) is 0 Å². The molecule has 0 fully saturated rings.